The smallest absolute Gasteiger partial charge is 0.00474 e. The van der Waals surface area contributed by atoms with E-state index in [-0.39, 0.29) is 0 Å². The molecule has 0 aromatic rings. The van der Waals surface area contributed by atoms with Gasteiger partial charge in [0.1, 0.15) is 0 Å². The second-order valence-electron chi connectivity index (χ2n) is 6.19. The Morgan fingerprint density at radius 1 is 1.35 bits per heavy atom. The summed E-state index contributed by atoms with van der Waals surface area (Å²) in [6.07, 6.45) is 7.96. The molecule has 96 valence electrons. The number of allylic oxidation sites excluding steroid dienone is 4. The van der Waals surface area contributed by atoms with Crippen LogP contribution < -0.4 is 0 Å². The molecule has 0 radical (unpaired) electrons. The van der Waals surface area contributed by atoms with Crippen LogP contribution in [0.1, 0.15) is 60.3 Å². The van der Waals surface area contributed by atoms with E-state index in [1.807, 2.05) is 0 Å². The lowest BCUT2D eigenvalue weighted by Gasteiger charge is -2.28. The van der Waals surface area contributed by atoms with Gasteiger partial charge in [0.2, 0.25) is 0 Å². The molecular formula is C17H28. The second-order valence-corrected chi connectivity index (χ2v) is 6.19. The van der Waals surface area contributed by atoms with Crippen molar-refractivity contribution in [1.29, 1.82) is 0 Å². The van der Waals surface area contributed by atoms with E-state index >= 15 is 0 Å². The summed E-state index contributed by atoms with van der Waals surface area (Å²) in [5.41, 5.74) is 5.22. The van der Waals surface area contributed by atoms with Crippen LogP contribution in [0.3, 0.4) is 0 Å². The molecule has 0 amide bonds. The molecule has 0 saturated heterocycles. The van der Waals surface area contributed by atoms with Crippen molar-refractivity contribution < 1.29 is 0 Å². The monoisotopic (exact) mass is 232 g/mol. The molecule has 0 bridgehead atoms. The summed E-state index contributed by atoms with van der Waals surface area (Å²) in [5.74, 6) is 3.23. The van der Waals surface area contributed by atoms with Crippen molar-refractivity contribution in [1.82, 2.24) is 0 Å². The summed E-state index contributed by atoms with van der Waals surface area (Å²) in [6.45, 7) is 11.9. The Morgan fingerprint density at radius 2 is 2.06 bits per heavy atom. The standard InChI is InChI=1S/C17H28/c1-6-8-11(3)15-9-14(7-2)17-10-16(17)13(5)12(15)4/h9,11-12,15,17H,6-8,10H2,1-5H3. The Balaban J connectivity index is 2.25. The molecule has 1 saturated carbocycles. The van der Waals surface area contributed by atoms with Crippen LogP contribution in [0.2, 0.25) is 0 Å². The summed E-state index contributed by atoms with van der Waals surface area (Å²) in [6, 6.07) is 0. The van der Waals surface area contributed by atoms with Crippen molar-refractivity contribution in [2.24, 2.45) is 23.7 Å². The van der Waals surface area contributed by atoms with Crippen LogP contribution >= 0.6 is 0 Å². The van der Waals surface area contributed by atoms with E-state index in [2.05, 4.69) is 40.7 Å². The SMILES string of the molecule is CCCC(C)C1C=C(CC)C2CC2=C(C)C1C. The summed E-state index contributed by atoms with van der Waals surface area (Å²) in [7, 11) is 0. The topological polar surface area (TPSA) is 0 Å². The lowest BCUT2D eigenvalue weighted by Crippen LogP contribution is -2.19. The van der Waals surface area contributed by atoms with Gasteiger partial charge in [-0.15, -0.1) is 0 Å². The third-order valence-corrected chi connectivity index (χ3v) is 5.11. The molecule has 0 aromatic heterocycles. The summed E-state index contributed by atoms with van der Waals surface area (Å²) in [4.78, 5) is 0. The molecular weight excluding hydrogens is 204 g/mol. The summed E-state index contributed by atoms with van der Waals surface area (Å²) >= 11 is 0. The van der Waals surface area contributed by atoms with Gasteiger partial charge in [0.15, 0.2) is 0 Å². The highest BCUT2D eigenvalue weighted by atomic mass is 14.4. The van der Waals surface area contributed by atoms with Crippen molar-refractivity contribution in [3.05, 3.63) is 22.8 Å². The maximum Gasteiger partial charge on any atom is 0.00474 e. The molecule has 0 nitrogen and oxygen atoms in total. The molecule has 4 atom stereocenters. The van der Waals surface area contributed by atoms with Crippen LogP contribution in [0, 0.1) is 23.7 Å². The molecule has 1 fully saturated rings. The van der Waals surface area contributed by atoms with Crippen molar-refractivity contribution in [3.63, 3.8) is 0 Å². The minimum absolute atomic E-state index is 0.764. The van der Waals surface area contributed by atoms with E-state index in [0.717, 1.165) is 23.7 Å². The van der Waals surface area contributed by atoms with Gasteiger partial charge in [-0.2, -0.15) is 0 Å². The molecule has 0 heterocycles. The molecule has 17 heavy (non-hydrogen) atoms. The summed E-state index contributed by atoms with van der Waals surface area (Å²) in [5, 5.41) is 0. The predicted molar refractivity (Wildman–Crippen MR) is 75.9 cm³/mol. The highest BCUT2D eigenvalue weighted by Gasteiger charge is 2.39. The van der Waals surface area contributed by atoms with Gasteiger partial charge in [0.05, 0.1) is 0 Å². The van der Waals surface area contributed by atoms with Gasteiger partial charge in [-0.1, -0.05) is 63.3 Å². The quantitative estimate of drug-likeness (QED) is 0.572. The third-order valence-electron chi connectivity index (χ3n) is 5.11. The Labute approximate surface area is 107 Å². The first-order chi connectivity index (χ1) is 8.10. The van der Waals surface area contributed by atoms with Crippen LogP contribution in [-0.2, 0) is 0 Å². The molecule has 0 aromatic carbocycles. The zero-order valence-electron chi connectivity index (χ0n) is 12.2. The first kappa shape index (κ1) is 12.9. The van der Waals surface area contributed by atoms with Gasteiger partial charge in [0, 0.05) is 5.92 Å². The highest BCUT2D eigenvalue weighted by Crippen LogP contribution is 2.52. The van der Waals surface area contributed by atoms with Gasteiger partial charge >= 0.3 is 0 Å². The molecule has 2 aliphatic rings. The lowest BCUT2D eigenvalue weighted by atomic mass is 9.77. The van der Waals surface area contributed by atoms with Gasteiger partial charge in [0.25, 0.3) is 0 Å². The molecule has 0 aliphatic heterocycles. The predicted octanol–water partition coefficient (Wildman–Crippen LogP) is 5.36. The average molecular weight is 232 g/mol. The van der Waals surface area contributed by atoms with Gasteiger partial charge in [-0.05, 0) is 37.5 Å². The molecule has 2 rings (SSSR count). The molecule has 2 aliphatic carbocycles. The zero-order valence-corrected chi connectivity index (χ0v) is 12.2. The van der Waals surface area contributed by atoms with Crippen molar-refractivity contribution in [2.75, 3.05) is 0 Å². The van der Waals surface area contributed by atoms with Crippen LogP contribution in [0.15, 0.2) is 22.8 Å². The highest BCUT2D eigenvalue weighted by molar-refractivity contribution is 5.42. The lowest BCUT2D eigenvalue weighted by molar-refractivity contribution is 0.326. The van der Waals surface area contributed by atoms with Gasteiger partial charge in [-0.25, -0.2) is 0 Å². The van der Waals surface area contributed by atoms with E-state index in [0.29, 0.717) is 0 Å². The number of fused-ring (bicyclic) bond motifs is 1. The summed E-state index contributed by atoms with van der Waals surface area (Å²) < 4.78 is 0. The Hall–Kier alpha value is -0.520. The number of rotatable bonds is 4. The fourth-order valence-electron chi connectivity index (χ4n) is 3.71. The van der Waals surface area contributed by atoms with Gasteiger partial charge in [-0.3, -0.25) is 0 Å². The number of hydrogen-bond acceptors (Lipinski definition) is 0. The minimum Gasteiger partial charge on any atom is -0.0808 e. The average Bonchev–Trinajstić information content (AvgIpc) is 3.08. The van der Waals surface area contributed by atoms with Crippen molar-refractivity contribution in [3.8, 4) is 0 Å². The largest absolute Gasteiger partial charge is 0.0808 e. The maximum atomic E-state index is 2.65. The van der Waals surface area contributed by atoms with Gasteiger partial charge < -0.3 is 0 Å². The number of hydrogen-bond donors (Lipinski definition) is 0. The molecule has 0 N–H and O–H groups in total. The normalized spacial score (nSPS) is 33.9. The Morgan fingerprint density at radius 3 is 2.65 bits per heavy atom. The minimum atomic E-state index is 0.764. The third kappa shape index (κ3) is 2.37. The molecule has 4 unspecified atom stereocenters. The van der Waals surface area contributed by atoms with Crippen molar-refractivity contribution >= 4 is 0 Å². The maximum absolute atomic E-state index is 2.65. The second kappa shape index (κ2) is 5.00. The fraction of sp³-hybridized carbons (Fsp3) is 0.765. The van der Waals surface area contributed by atoms with E-state index in [4.69, 9.17) is 0 Å². The van der Waals surface area contributed by atoms with E-state index < -0.39 is 0 Å². The first-order valence-electron chi connectivity index (χ1n) is 7.50. The first-order valence-corrected chi connectivity index (χ1v) is 7.50. The Bertz CT molecular complexity index is 345. The van der Waals surface area contributed by atoms with Crippen molar-refractivity contribution in [2.45, 2.75) is 60.3 Å². The van der Waals surface area contributed by atoms with Crippen LogP contribution in [0.25, 0.3) is 0 Å². The van der Waals surface area contributed by atoms with Crippen LogP contribution in [0.4, 0.5) is 0 Å². The van der Waals surface area contributed by atoms with E-state index in [9.17, 15) is 0 Å². The fourth-order valence-corrected chi connectivity index (χ4v) is 3.71. The van der Waals surface area contributed by atoms with E-state index in [1.165, 1.54) is 25.7 Å². The van der Waals surface area contributed by atoms with E-state index in [1.54, 1.807) is 16.7 Å². The molecule has 0 spiro atoms. The van der Waals surface area contributed by atoms with Crippen LogP contribution in [0.5, 0.6) is 0 Å². The van der Waals surface area contributed by atoms with Crippen LogP contribution in [-0.4, -0.2) is 0 Å². The Kier molecular flexibility index (Phi) is 3.80. The zero-order chi connectivity index (χ0) is 12.6. The molecule has 0 heteroatoms.